The molecule has 1 aliphatic heterocycles. The lowest BCUT2D eigenvalue weighted by Gasteiger charge is -2.26. The fraction of sp³-hybridized carbons (Fsp3) is 0.818. The molecule has 0 radical (unpaired) electrons. The van der Waals surface area contributed by atoms with E-state index in [2.05, 4.69) is 20.8 Å². The average Bonchev–Trinajstić information content (AvgIpc) is 2.91. The number of ketones is 2. The SMILES string of the molecule is CCCC(C)(CC)C(=O)CCCCCCN1C(=O)CC(SCCC(C)=O)C1=O. The van der Waals surface area contributed by atoms with Crippen molar-refractivity contribution < 1.29 is 19.2 Å². The zero-order chi connectivity index (χ0) is 21.2. The lowest BCUT2D eigenvalue weighted by Crippen LogP contribution is -2.32. The van der Waals surface area contributed by atoms with Gasteiger partial charge in [-0.1, -0.05) is 40.0 Å². The molecule has 2 atom stereocenters. The summed E-state index contributed by atoms with van der Waals surface area (Å²) in [5.41, 5.74) is -0.182. The first kappa shape index (κ1) is 24.9. The molecule has 160 valence electrons. The molecule has 0 bridgehead atoms. The maximum Gasteiger partial charge on any atom is 0.242 e. The van der Waals surface area contributed by atoms with Gasteiger partial charge in [0.05, 0.1) is 5.25 Å². The molecule has 0 aliphatic carbocycles. The minimum atomic E-state index is -0.324. The summed E-state index contributed by atoms with van der Waals surface area (Å²) in [7, 11) is 0. The number of likely N-dealkylation sites (tertiary alicyclic amines) is 1. The van der Waals surface area contributed by atoms with Crippen LogP contribution in [0.4, 0.5) is 0 Å². The van der Waals surface area contributed by atoms with E-state index in [-0.39, 0.29) is 34.7 Å². The number of amides is 2. The summed E-state index contributed by atoms with van der Waals surface area (Å²) in [6.45, 7) is 8.29. The second-order valence-corrected chi connectivity index (χ2v) is 9.46. The standard InChI is InChI=1S/C22H37NO4S/c1-5-13-22(4,6-2)19(25)11-9-7-8-10-14-23-20(26)16-18(21(23)27)28-15-12-17(3)24/h18H,5-16H2,1-4H3. The maximum atomic E-state index is 12.5. The normalized spacial score (nSPS) is 19.1. The van der Waals surface area contributed by atoms with E-state index in [1.54, 1.807) is 0 Å². The molecule has 1 rings (SSSR count). The van der Waals surface area contributed by atoms with Gasteiger partial charge in [0.2, 0.25) is 11.8 Å². The molecule has 2 unspecified atom stereocenters. The molecule has 1 aliphatic rings. The predicted octanol–water partition coefficient (Wildman–Crippen LogP) is 4.56. The van der Waals surface area contributed by atoms with Gasteiger partial charge in [-0.05, 0) is 32.6 Å². The van der Waals surface area contributed by atoms with Crippen LogP contribution >= 0.6 is 11.8 Å². The first-order chi connectivity index (χ1) is 13.2. The monoisotopic (exact) mass is 411 g/mol. The van der Waals surface area contributed by atoms with Crippen molar-refractivity contribution in [1.82, 2.24) is 4.90 Å². The fourth-order valence-corrected chi connectivity index (χ4v) is 4.86. The van der Waals surface area contributed by atoms with Gasteiger partial charge < -0.3 is 0 Å². The number of Topliss-reactive ketones (excluding diaryl/α,β-unsaturated/α-hetero) is 2. The van der Waals surface area contributed by atoms with Crippen molar-refractivity contribution in [3.8, 4) is 0 Å². The van der Waals surface area contributed by atoms with E-state index in [0.29, 0.717) is 30.9 Å². The van der Waals surface area contributed by atoms with Crippen LogP contribution < -0.4 is 0 Å². The summed E-state index contributed by atoms with van der Waals surface area (Å²) in [5, 5.41) is -0.324. The third kappa shape index (κ3) is 7.69. The molecule has 0 aromatic carbocycles. The van der Waals surface area contributed by atoms with Gasteiger partial charge in [0, 0.05) is 37.0 Å². The van der Waals surface area contributed by atoms with Crippen LogP contribution in [0.15, 0.2) is 0 Å². The van der Waals surface area contributed by atoms with Crippen molar-refractivity contribution in [2.24, 2.45) is 5.41 Å². The number of carbonyl (C=O) groups excluding carboxylic acids is 4. The number of carbonyl (C=O) groups is 4. The summed E-state index contributed by atoms with van der Waals surface area (Å²) in [5.74, 6) is 0.863. The highest BCUT2D eigenvalue weighted by molar-refractivity contribution is 8.00. The number of rotatable bonds is 15. The molecular formula is C22H37NO4S. The molecule has 0 saturated carbocycles. The molecule has 0 spiro atoms. The van der Waals surface area contributed by atoms with Crippen molar-refractivity contribution in [2.75, 3.05) is 12.3 Å². The largest absolute Gasteiger partial charge is 0.300 e. The van der Waals surface area contributed by atoms with Gasteiger partial charge >= 0.3 is 0 Å². The van der Waals surface area contributed by atoms with Crippen molar-refractivity contribution >= 4 is 35.1 Å². The lowest BCUT2D eigenvalue weighted by atomic mass is 9.77. The molecule has 2 amide bonds. The zero-order valence-corrected chi connectivity index (χ0v) is 18.9. The minimum absolute atomic E-state index is 0.0984. The van der Waals surface area contributed by atoms with Gasteiger partial charge in [0.25, 0.3) is 0 Å². The first-order valence-electron chi connectivity index (χ1n) is 10.7. The average molecular weight is 412 g/mol. The van der Waals surface area contributed by atoms with Crippen LogP contribution in [0.1, 0.15) is 91.9 Å². The van der Waals surface area contributed by atoms with E-state index in [1.807, 2.05) is 0 Å². The second-order valence-electron chi connectivity index (χ2n) is 8.15. The number of hydrogen-bond donors (Lipinski definition) is 0. The summed E-state index contributed by atoms with van der Waals surface area (Å²) < 4.78 is 0. The van der Waals surface area contributed by atoms with Gasteiger partial charge in [0.1, 0.15) is 11.6 Å². The van der Waals surface area contributed by atoms with Gasteiger partial charge in [-0.25, -0.2) is 0 Å². The molecule has 0 N–H and O–H groups in total. The van der Waals surface area contributed by atoms with E-state index in [9.17, 15) is 19.2 Å². The fourth-order valence-electron chi connectivity index (χ4n) is 3.64. The summed E-state index contributed by atoms with van der Waals surface area (Å²) in [4.78, 5) is 49.3. The van der Waals surface area contributed by atoms with Crippen molar-refractivity contribution in [2.45, 2.75) is 97.2 Å². The third-order valence-electron chi connectivity index (χ3n) is 5.77. The Morgan fingerprint density at radius 3 is 2.39 bits per heavy atom. The van der Waals surface area contributed by atoms with Crippen LogP contribution in [-0.4, -0.2) is 45.8 Å². The molecule has 28 heavy (non-hydrogen) atoms. The predicted molar refractivity (Wildman–Crippen MR) is 114 cm³/mol. The smallest absolute Gasteiger partial charge is 0.242 e. The Hall–Kier alpha value is -1.17. The zero-order valence-electron chi connectivity index (χ0n) is 18.1. The summed E-state index contributed by atoms with van der Waals surface area (Å²) in [6, 6.07) is 0. The molecular weight excluding hydrogens is 374 g/mol. The van der Waals surface area contributed by atoms with Crippen LogP contribution in [0, 0.1) is 5.41 Å². The minimum Gasteiger partial charge on any atom is -0.300 e. The molecule has 1 heterocycles. The Morgan fingerprint density at radius 2 is 1.79 bits per heavy atom. The molecule has 6 heteroatoms. The molecule has 5 nitrogen and oxygen atoms in total. The number of imide groups is 1. The van der Waals surface area contributed by atoms with E-state index in [1.165, 1.54) is 23.6 Å². The molecule has 1 fully saturated rings. The van der Waals surface area contributed by atoms with Crippen LogP contribution in [0.5, 0.6) is 0 Å². The Bertz CT molecular complexity index is 563. The van der Waals surface area contributed by atoms with Crippen LogP contribution in [0.3, 0.4) is 0 Å². The van der Waals surface area contributed by atoms with Crippen LogP contribution in [0.2, 0.25) is 0 Å². The van der Waals surface area contributed by atoms with Crippen molar-refractivity contribution in [3.05, 3.63) is 0 Å². The van der Waals surface area contributed by atoms with Gasteiger partial charge in [-0.15, -0.1) is 11.8 Å². The van der Waals surface area contributed by atoms with Crippen LogP contribution in [0.25, 0.3) is 0 Å². The number of thioether (sulfide) groups is 1. The molecule has 1 saturated heterocycles. The first-order valence-corrected chi connectivity index (χ1v) is 11.8. The molecule has 0 aromatic heterocycles. The van der Waals surface area contributed by atoms with Crippen molar-refractivity contribution in [1.29, 1.82) is 0 Å². The summed E-state index contributed by atoms with van der Waals surface area (Å²) in [6.07, 6.45) is 7.73. The van der Waals surface area contributed by atoms with E-state index in [4.69, 9.17) is 0 Å². The highest BCUT2D eigenvalue weighted by Gasteiger charge is 2.38. The van der Waals surface area contributed by atoms with E-state index < -0.39 is 0 Å². The van der Waals surface area contributed by atoms with E-state index in [0.717, 1.165) is 44.9 Å². The Labute approximate surface area is 174 Å². The molecule has 0 aromatic rings. The topological polar surface area (TPSA) is 71.5 Å². The lowest BCUT2D eigenvalue weighted by molar-refractivity contribution is -0.138. The highest BCUT2D eigenvalue weighted by Crippen LogP contribution is 2.30. The quantitative estimate of drug-likeness (QED) is 0.292. The Morgan fingerprint density at radius 1 is 1.11 bits per heavy atom. The van der Waals surface area contributed by atoms with Crippen LogP contribution in [-0.2, 0) is 19.2 Å². The van der Waals surface area contributed by atoms with Gasteiger partial charge in [-0.3, -0.25) is 24.1 Å². The van der Waals surface area contributed by atoms with Gasteiger partial charge in [-0.2, -0.15) is 0 Å². The summed E-state index contributed by atoms with van der Waals surface area (Å²) >= 11 is 1.42. The number of nitrogens with zero attached hydrogens (tertiary/aromatic N) is 1. The maximum absolute atomic E-state index is 12.5. The second kappa shape index (κ2) is 12.4. The van der Waals surface area contributed by atoms with E-state index >= 15 is 0 Å². The number of hydrogen-bond acceptors (Lipinski definition) is 5. The highest BCUT2D eigenvalue weighted by atomic mass is 32.2. The Balaban J connectivity index is 2.25. The Kier molecular flexibility index (Phi) is 11.0. The third-order valence-corrected chi connectivity index (χ3v) is 6.98. The van der Waals surface area contributed by atoms with Gasteiger partial charge in [0.15, 0.2) is 0 Å². The van der Waals surface area contributed by atoms with Crippen molar-refractivity contribution in [3.63, 3.8) is 0 Å². The number of unbranched alkanes of at least 4 members (excludes halogenated alkanes) is 3.